The number of halogens is 2. The molecule has 2 heterocycles. The summed E-state index contributed by atoms with van der Waals surface area (Å²) in [6.07, 6.45) is 5.00. The summed E-state index contributed by atoms with van der Waals surface area (Å²) < 4.78 is 13.9. The predicted molar refractivity (Wildman–Crippen MR) is 69.9 cm³/mol. The summed E-state index contributed by atoms with van der Waals surface area (Å²) in [5, 5.41) is 1.25. The van der Waals surface area contributed by atoms with Crippen molar-refractivity contribution in [2.24, 2.45) is 0 Å². The number of hydrogen-bond donors (Lipinski definition) is 0. The van der Waals surface area contributed by atoms with Crippen molar-refractivity contribution in [3.05, 3.63) is 59.8 Å². The van der Waals surface area contributed by atoms with E-state index in [1.54, 1.807) is 30.7 Å². The maximum Gasteiger partial charge on any atom is 0.132 e. The quantitative estimate of drug-likeness (QED) is 0.657. The van der Waals surface area contributed by atoms with E-state index in [-0.39, 0.29) is 5.82 Å². The van der Waals surface area contributed by atoms with Crippen LogP contribution < -0.4 is 0 Å². The molecule has 2 aromatic heterocycles. The van der Waals surface area contributed by atoms with Crippen LogP contribution in [0.1, 0.15) is 0 Å². The second kappa shape index (κ2) is 4.35. The van der Waals surface area contributed by atoms with Crippen LogP contribution in [0.25, 0.3) is 22.0 Å². The van der Waals surface area contributed by atoms with Crippen molar-refractivity contribution in [3.63, 3.8) is 0 Å². The lowest BCUT2D eigenvalue weighted by atomic mass is 10.0. The molecule has 0 aliphatic heterocycles. The maximum atomic E-state index is 13.9. The maximum absolute atomic E-state index is 13.9. The number of fused-ring (bicyclic) bond motifs is 1. The highest BCUT2D eigenvalue weighted by Gasteiger charge is 2.10. The lowest BCUT2D eigenvalue weighted by Crippen LogP contribution is -1.89. The van der Waals surface area contributed by atoms with Crippen molar-refractivity contribution >= 4 is 22.5 Å². The van der Waals surface area contributed by atoms with Gasteiger partial charge in [0, 0.05) is 40.1 Å². The Balaban J connectivity index is 2.31. The molecule has 0 atom stereocenters. The monoisotopic (exact) mass is 258 g/mol. The summed E-state index contributed by atoms with van der Waals surface area (Å²) in [5.41, 5.74) is 1.85. The van der Waals surface area contributed by atoms with E-state index in [0.29, 0.717) is 16.1 Å². The van der Waals surface area contributed by atoms with E-state index in [9.17, 15) is 4.39 Å². The topological polar surface area (TPSA) is 25.8 Å². The van der Waals surface area contributed by atoms with Crippen molar-refractivity contribution in [3.8, 4) is 11.1 Å². The van der Waals surface area contributed by atoms with Gasteiger partial charge in [0.15, 0.2) is 0 Å². The first kappa shape index (κ1) is 11.1. The molecule has 2 nitrogen and oxygen atoms in total. The fourth-order valence-electron chi connectivity index (χ4n) is 1.91. The van der Waals surface area contributed by atoms with E-state index in [1.807, 2.05) is 12.1 Å². The van der Waals surface area contributed by atoms with Crippen LogP contribution in [0, 0.1) is 5.82 Å². The Hall–Kier alpha value is -2.00. The Labute approximate surface area is 108 Å². The summed E-state index contributed by atoms with van der Waals surface area (Å²) in [5.74, 6) is -0.373. The van der Waals surface area contributed by atoms with Gasteiger partial charge in [-0.2, -0.15) is 0 Å². The minimum atomic E-state index is -0.373. The van der Waals surface area contributed by atoms with Crippen LogP contribution in [0.2, 0.25) is 5.02 Å². The summed E-state index contributed by atoms with van der Waals surface area (Å²) >= 11 is 5.75. The second-order valence-corrected chi connectivity index (χ2v) is 4.32. The first-order chi connectivity index (χ1) is 8.75. The van der Waals surface area contributed by atoms with Crippen molar-refractivity contribution in [1.29, 1.82) is 0 Å². The van der Waals surface area contributed by atoms with Gasteiger partial charge in [-0.25, -0.2) is 4.39 Å². The minimum absolute atomic E-state index is 0.373. The molecular weight excluding hydrogens is 251 g/mol. The molecule has 0 radical (unpaired) electrons. The molecule has 3 aromatic rings. The van der Waals surface area contributed by atoms with Gasteiger partial charge in [0.05, 0.1) is 5.52 Å². The molecule has 0 saturated carbocycles. The first-order valence-electron chi connectivity index (χ1n) is 5.40. The predicted octanol–water partition coefficient (Wildman–Crippen LogP) is 4.09. The molecule has 0 unspecified atom stereocenters. The van der Waals surface area contributed by atoms with E-state index >= 15 is 0 Å². The largest absolute Gasteiger partial charge is 0.263 e. The lowest BCUT2D eigenvalue weighted by Gasteiger charge is -2.06. The highest BCUT2D eigenvalue weighted by molar-refractivity contribution is 6.30. The number of benzene rings is 1. The van der Waals surface area contributed by atoms with E-state index in [2.05, 4.69) is 9.97 Å². The minimum Gasteiger partial charge on any atom is -0.263 e. The van der Waals surface area contributed by atoms with Gasteiger partial charge in [-0.1, -0.05) is 11.6 Å². The highest BCUT2D eigenvalue weighted by Crippen LogP contribution is 2.29. The van der Waals surface area contributed by atoms with Crippen LogP contribution in [0.3, 0.4) is 0 Å². The van der Waals surface area contributed by atoms with Gasteiger partial charge >= 0.3 is 0 Å². The average Bonchev–Trinajstić information content (AvgIpc) is 2.38. The number of rotatable bonds is 1. The van der Waals surface area contributed by atoms with Crippen LogP contribution >= 0.6 is 11.6 Å². The van der Waals surface area contributed by atoms with Crippen LogP contribution in [-0.4, -0.2) is 9.97 Å². The van der Waals surface area contributed by atoms with Crippen molar-refractivity contribution < 1.29 is 4.39 Å². The Bertz CT molecular complexity index is 723. The molecule has 1 aromatic carbocycles. The Morgan fingerprint density at radius 3 is 2.78 bits per heavy atom. The number of aromatic nitrogens is 2. The summed E-state index contributed by atoms with van der Waals surface area (Å²) in [6, 6.07) is 8.31. The molecule has 0 amide bonds. The van der Waals surface area contributed by atoms with E-state index < -0.39 is 0 Å². The number of pyridine rings is 2. The SMILES string of the molecule is Fc1cc(Cl)ccc1-c1cncc2cccnc12. The smallest absolute Gasteiger partial charge is 0.132 e. The Morgan fingerprint density at radius 2 is 1.94 bits per heavy atom. The van der Waals surface area contributed by atoms with Crippen LogP contribution in [0.15, 0.2) is 48.9 Å². The number of hydrogen-bond acceptors (Lipinski definition) is 2. The molecule has 0 aliphatic rings. The van der Waals surface area contributed by atoms with Gasteiger partial charge < -0.3 is 0 Å². The molecule has 88 valence electrons. The third kappa shape index (κ3) is 1.83. The Kier molecular flexibility index (Phi) is 2.68. The van der Waals surface area contributed by atoms with Crippen LogP contribution in [-0.2, 0) is 0 Å². The van der Waals surface area contributed by atoms with Gasteiger partial charge in [-0.15, -0.1) is 0 Å². The van der Waals surface area contributed by atoms with Gasteiger partial charge in [0.25, 0.3) is 0 Å². The fourth-order valence-corrected chi connectivity index (χ4v) is 2.06. The Morgan fingerprint density at radius 1 is 1.06 bits per heavy atom. The molecule has 4 heteroatoms. The molecule has 0 saturated heterocycles. The second-order valence-electron chi connectivity index (χ2n) is 3.89. The van der Waals surface area contributed by atoms with Crippen molar-refractivity contribution in [2.75, 3.05) is 0 Å². The molecule has 3 rings (SSSR count). The summed E-state index contributed by atoms with van der Waals surface area (Å²) in [7, 11) is 0. The van der Waals surface area contributed by atoms with Crippen molar-refractivity contribution in [2.45, 2.75) is 0 Å². The zero-order valence-corrected chi connectivity index (χ0v) is 10.0. The third-order valence-electron chi connectivity index (χ3n) is 2.73. The molecule has 18 heavy (non-hydrogen) atoms. The first-order valence-corrected chi connectivity index (χ1v) is 5.77. The molecule has 0 aliphatic carbocycles. The average molecular weight is 259 g/mol. The normalized spacial score (nSPS) is 10.8. The van der Waals surface area contributed by atoms with E-state index in [0.717, 1.165) is 10.9 Å². The fraction of sp³-hybridized carbons (Fsp3) is 0. The standard InChI is InChI=1S/C14H8ClFN2/c15-10-3-4-11(13(16)6-10)12-8-17-7-9-2-1-5-18-14(9)12/h1-8H. The number of nitrogens with zero attached hydrogens (tertiary/aromatic N) is 2. The molecular formula is C14H8ClFN2. The van der Waals surface area contributed by atoms with Crippen LogP contribution in [0.5, 0.6) is 0 Å². The van der Waals surface area contributed by atoms with Gasteiger partial charge in [0.1, 0.15) is 5.82 Å². The van der Waals surface area contributed by atoms with Crippen molar-refractivity contribution in [1.82, 2.24) is 9.97 Å². The third-order valence-corrected chi connectivity index (χ3v) is 2.97. The molecule has 0 bridgehead atoms. The zero-order chi connectivity index (χ0) is 12.5. The highest BCUT2D eigenvalue weighted by atomic mass is 35.5. The molecule has 0 spiro atoms. The molecule has 0 fully saturated rings. The van der Waals surface area contributed by atoms with E-state index in [1.165, 1.54) is 6.07 Å². The molecule has 0 N–H and O–H groups in total. The zero-order valence-electron chi connectivity index (χ0n) is 9.27. The van der Waals surface area contributed by atoms with Gasteiger partial charge in [-0.3, -0.25) is 9.97 Å². The van der Waals surface area contributed by atoms with Gasteiger partial charge in [-0.05, 0) is 30.3 Å². The van der Waals surface area contributed by atoms with Gasteiger partial charge in [0.2, 0.25) is 0 Å². The van der Waals surface area contributed by atoms with E-state index in [4.69, 9.17) is 11.6 Å². The lowest BCUT2D eigenvalue weighted by molar-refractivity contribution is 0.631. The summed E-state index contributed by atoms with van der Waals surface area (Å²) in [6.45, 7) is 0. The summed E-state index contributed by atoms with van der Waals surface area (Å²) in [4.78, 5) is 8.39. The van der Waals surface area contributed by atoms with Crippen LogP contribution in [0.4, 0.5) is 4.39 Å².